The Morgan fingerprint density at radius 1 is 1.35 bits per heavy atom. The molecule has 1 atom stereocenters. The van der Waals surface area contributed by atoms with Gasteiger partial charge >= 0.3 is 5.97 Å². The van der Waals surface area contributed by atoms with E-state index in [0.29, 0.717) is 17.7 Å². The van der Waals surface area contributed by atoms with Gasteiger partial charge in [0.2, 0.25) is 0 Å². The number of nitrogens with zero attached hydrogens (tertiary/aromatic N) is 1. The molecule has 0 spiro atoms. The maximum Gasteiger partial charge on any atom is 0.306 e. The maximum absolute atomic E-state index is 11.7. The van der Waals surface area contributed by atoms with Gasteiger partial charge in [-0.05, 0) is 24.5 Å². The molecule has 1 N–H and O–H groups in total. The van der Waals surface area contributed by atoms with Crippen LogP contribution in [0.25, 0.3) is 0 Å². The van der Waals surface area contributed by atoms with Crippen molar-refractivity contribution in [3.05, 3.63) is 29.8 Å². The van der Waals surface area contributed by atoms with Crippen molar-refractivity contribution in [1.29, 1.82) is 5.26 Å². The highest BCUT2D eigenvalue weighted by atomic mass is 32.2. The number of ether oxygens (including phenoxy) is 1. The van der Waals surface area contributed by atoms with Gasteiger partial charge in [0.05, 0.1) is 22.8 Å². The Kier molecular flexibility index (Phi) is 5.34. The van der Waals surface area contributed by atoms with Crippen molar-refractivity contribution in [1.82, 2.24) is 0 Å². The van der Waals surface area contributed by atoms with Crippen LogP contribution in [0.4, 0.5) is 5.69 Å². The summed E-state index contributed by atoms with van der Waals surface area (Å²) in [4.78, 5) is 23.4. The standard InChI is InChI=1S/C15H16N2O5S/c16-8-12-3-1-2-4-13(12)17-14(18)9-22-15(19)7-11-5-6-23(20,21)10-11/h1-4,11H,5-7,9-10H2,(H,17,18)/t11-/m1/s1. The number of nitrogens with one attached hydrogen (secondary N) is 1. The van der Waals surface area contributed by atoms with Gasteiger partial charge in [-0.1, -0.05) is 12.1 Å². The van der Waals surface area contributed by atoms with Gasteiger partial charge < -0.3 is 10.1 Å². The number of rotatable bonds is 5. The van der Waals surface area contributed by atoms with Crippen LogP contribution in [-0.2, 0) is 24.2 Å². The van der Waals surface area contributed by atoms with E-state index in [1.54, 1.807) is 24.3 Å². The van der Waals surface area contributed by atoms with Crippen LogP contribution in [0.3, 0.4) is 0 Å². The lowest BCUT2D eigenvalue weighted by molar-refractivity contribution is -0.148. The molecule has 1 fully saturated rings. The molecule has 1 heterocycles. The molecule has 0 saturated carbocycles. The Labute approximate surface area is 134 Å². The third-order valence-corrected chi connectivity index (χ3v) is 5.30. The number of benzene rings is 1. The average Bonchev–Trinajstić information content (AvgIpc) is 2.84. The van der Waals surface area contributed by atoms with Gasteiger partial charge in [0, 0.05) is 6.42 Å². The van der Waals surface area contributed by atoms with Gasteiger partial charge in [0.25, 0.3) is 5.91 Å². The Bertz CT molecular complexity index is 751. The Morgan fingerprint density at radius 3 is 2.74 bits per heavy atom. The lowest BCUT2D eigenvalue weighted by Gasteiger charge is -2.09. The van der Waals surface area contributed by atoms with Crippen LogP contribution in [-0.4, -0.2) is 38.4 Å². The topological polar surface area (TPSA) is 113 Å². The number of amides is 1. The summed E-state index contributed by atoms with van der Waals surface area (Å²) in [6, 6.07) is 8.41. The second-order valence-electron chi connectivity index (χ2n) is 5.34. The van der Waals surface area contributed by atoms with Gasteiger partial charge in [-0.25, -0.2) is 8.42 Å². The van der Waals surface area contributed by atoms with Crippen LogP contribution in [0.15, 0.2) is 24.3 Å². The molecule has 0 unspecified atom stereocenters. The van der Waals surface area contributed by atoms with Crippen LogP contribution in [0.5, 0.6) is 0 Å². The number of anilines is 1. The molecular weight excluding hydrogens is 320 g/mol. The highest BCUT2D eigenvalue weighted by Gasteiger charge is 2.29. The molecule has 1 aliphatic rings. The van der Waals surface area contributed by atoms with Crippen molar-refractivity contribution in [2.75, 3.05) is 23.4 Å². The molecule has 1 aliphatic heterocycles. The predicted molar refractivity (Wildman–Crippen MR) is 82.1 cm³/mol. The van der Waals surface area contributed by atoms with Crippen molar-refractivity contribution in [3.8, 4) is 6.07 Å². The normalized spacial score (nSPS) is 18.8. The Hall–Kier alpha value is -2.40. The number of carbonyl (C=O) groups excluding carboxylic acids is 2. The van der Waals surface area contributed by atoms with E-state index < -0.39 is 28.3 Å². The molecular formula is C15H16N2O5S. The fourth-order valence-electron chi connectivity index (χ4n) is 2.35. The largest absolute Gasteiger partial charge is 0.456 e. The first-order valence-corrected chi connectivity index (χ1v) is 8.87. The van der Waals surface area contributed by atoms with E-state index in [2.05, 4.69) is 5.32 Å². The molecule has 8 heteroatoms. The fourth-order valence-corrected chi connectivity index (χ4v) is 4.21. The van der Waals surface area contributed by atoms with E-state index in [0.717, 1.165) is 0 Å². The molecule has 0 radical (unpaired) electrons. The van der Waals surface area contributed by atoms with E-state index in [1.807, 2.05) is 6.07 Å². The van der Waals surface area contributed by atoms with Crippen LogP contribution >= 0.6 is 0 Å². The van der Waals surface area contributed by atoms with Gasteiger partial charge in [-0.3, -0.25) is 9.59 Å². The molecule has 0 aliphatic carbocycles. The Morgan fingerprint density at radius 2 is 2.09 bits per heavy atom. The Balaban J connectivity index is 1.78. The molecule has 1 aromatic carbocycles. The van der Waals surface area contributed by atoms with Crippen LogP contribution in [0, 0.1) is 17.2 Å². The first-order chi connectivity index (χ1) is 10.9. The number of hydrogen-bond acceptors (Lipinski definition) is 6. The third-order valence-electron chi connectivity index (χ3n) is 3.47. The summed E-state index contributed by atoms with van der Waals surface area (Å²) < 4.78 is 27.5. The number of para-hydroxylation sites is 1. The zero-order chi connectivity index (χ0) is 16.9. The second kappa shape index (κ2) is 7.24. The van der Waals surface area contributed by atoms with Crippen molar-refractivity contribution < 1.29 is 22.7 Å². The van der Waals surface area contributed by atoms with E-state index >= 15 is 0 Å². The molecule has 2 rings (SSSR count). The van der Waals surface area contributed by atoms with Gasteiger partial charge in [0.15, 0.2) is 16.4 Å². The SMILES string of the molecule is N#Cc1ccccc1NC(=O)COC(=O)C[C@H]1CCS(=O)(=O)C1. The highest BCUT2D eigenvalue weighted by Crippen LogP contribution is 2.21. The molecule has 1 amide bonds. The summed E-state index contributed by atoms with van der Waals surface area (Å²) in [7, 11) is -3.04. The minimum Gasteiger partial charge on any atom is -0.456 e. The molecule has 1 saturated heterocycles. The van der Waals surface area contributed by atoms with Crippen LogP contribution in [0.1, 0.15) is 18.4 Å². The molecule has 7 nitrogen and oxygen atoms in total. The predicted octanol–water partition coefficient (Wildman–Crippen LogP) is 0.865. The minimum absolute atomic E-state index is 0.0101. The molecule has 122 valence electrons. The minimum atomic E-state index is -3.04. The van der Waals surface area contributed by atoms with Crippen molar-refractivity contribution in [2.24, 2.45) is 5.92 Å². The van der Waals surface area contributed by atoms with E-state index in [4.69, 9.17) is 10.00 Å². The quantitative estimate of drug-likeness (QED) is 0.798. The lowest BCUT2D eigenvalue weighted by atomic mass is 10.1. The first kappa shape index (κ1) is 17.0. The monoisotopic (exact) mass is 336 g/mol. The van der Waals surface area contributed by atoms with Gasteiger partial charge in [-0.2, -0.15) is 5.26 Å². The summed E-state index contributed by atoms with van der Waals surface area (Å²) in [6.07, 6.45) is 0.431. The molecule has 23 heavy (non-hydrogen) atoms. The number of hydrogen-bond donors (Lipinski definition) is 1. The van der Waals surface area contributed by atoms with Gasteiger partial charge in [0.1, 0.15) is 6.07 Å². The van der Waals surface area contributed by atoms with Crippen molar-refractivity contribution in [2.45, 2.75) is 12.8 Å². The summed E-state index contributed by atoms with van der Waals surface area (Å²) >= 11 is 0. The zero-order valence-electron chi connectivity index (χ0n) is 12.3. The third kappa shape index (κ3) is 5.07. The number of carbonyl (C=O) groups is 2. The first-order valence-electron chi connectivity index (χ1n) is 7.04. The van der Waals surface area contributed by atoms with Crippen molar-refractivity contribution >= 4 is 27.4 Å². The molecule has 0 aromatic heterocycles. The maximum atomic E-state index is 11.7. The summed E-state index contributed by atoms with van der Waals surface area (Å²) in [5.74, 6) is -1.31. The average molecular weight is 336 g/mol. The number of sulfone groups is 1. The fraction of sp³-hybridized carbons (Fsp3) is 0.400. The van der Waals surface area contributed by atoms with Crippen LogP contribution in [0.2, 0.25) is 0 Å². The number of nitriles is 1. The second-order valence-corrected chi connectivity index (χ2v) is 7.57. The molecule has 1 aromatic rings. The van der Waals surface area contributed by atoms with E-state index in [-0.39, 0.29) is 23.8 Å². The number of esters is 1. The smallest absolute Gasteiger partial charge is 0.306 e. The summed E-state index contributed by atoms with van der Waals surface area (Å²) in [5, 5.41) is 11.4. The summed E-state index contributed by atoms with van der Waals surface area (Å²) in [6.45, 7) is -0.474. The van der Waals surface area contributed by atoms with Gasteiger partial charge in [-0.15, -0.1) is 0 Å². The molecule has 0 bridgehead atoms. The van der Waals surface area contributed by atoms with E-state index in [1.165, 1.54) is 0 Å². The van der Waals surface area contributed by atoms with Crippen LogP contribution < -0.4 is 5.32 Å². The zero-order valence-corrected chi connectivity index (χ0v) is 13.1. The highest BCUT2D eigenvalue weighted by molar-refractivity contribution is 7.91. The van der Waals surface area contributed by atoms with E-state index in [9.17, 15) is 18.0 Å². The lowest BCUT2D eigenvalue weighted by Crippen LogP contribution is -2.22. The summed E-state index contributed by atoms with van der Waals surface area (Å²) in [5.41, 5.74) is 0.654. The van der Waals surface area contributed by atoms with Crippen molar-refractivity contribution in [3.63, 3.8) is 0 Å².